The van der Waals surface area contributed by atoms with E-state index in [2.05, 4.69) is 6.92 Å². The molecule has 2 N–H and O–H groups in total. The molecule has 12 atom stereocenters. The summed E-state index contributed by atoms with van der Waals surface area (Å²) in [4.78, 5) is 37.6. The third-order valence-corrected chi connectivity index (χ3v) is 11.9. The first-order valence-corrected chi connectivity index (χ1v) is 14.3. The minimum absolute atomic E-state index is 0.00389. The Labute approximate surface area is 222 Å². The topological polar surface area (TPSA) is 129 Å². The van der Waals surface area contributed by atoms with Crippen LogP contribution in [0.25, 0.3) is 0 Å². The van der Waals surface area contributed by atoms with E-state index in [0.717, 1.165) is 44.0 Å². The number of hydrogen-bond donors (Lipinski definition) is 2. The van der Waals surface area contributed by atoms with Gasteiger partial charge in [0.1, 0.15) is 12.9 Å². The minimum atomic E-state index is -2.10. The zero-order valence-corrected chi connectivity index (χ0v) is 22.1. The van der Waals surface area contributed by atoms with Gasteiger partial charge in [-0.2, -0.15) is 0 Å². The van der Waals surface area contributed by atoms with E-state index >= 15 is 0 Å². The third kappa shape index (κ3) is 3.14. The predicted molar refractivity (Wildman–Crippen MR) is 130 cm³/mol. The Morgan fingerprint density at radius 3 is 2.58 bits per heavy atom. The Balaban J connectivity index is 1.18. The second-order valence-electron chi connectivity index (χ2n) is 13.4. The summed E-state index contributed by atoms with van der Waals surface area (Å²) in [5.41, 5.74) is -0.991. The van der Waals surface area contributed by atoms with Gasteiger partial charge in [0.05, 0.1) is 23.9 Å². The fourth-order valence-electron chi connectivity index (χ4n) is 10.1. The van der Waals surface area contributed by atoms with Crippen molar-refractivity contribution in [1.29, 1.82) is 0 Å². The zero-order valence-electron chi connectivity index (χ0n) is 22.1. The minimum Gasteiger partial charge on any atom is -0.458 e. The lowest BCUT2D eigenvalue weighted by atomic mass is 9.42. The van der Waals surface area contributed by atoms with Crippen LogP contribution in [-0.4, -0.2) is 70.8 Å². The molecule has 4 aliphatic carbocycles. The molecule has 0 amide bonds. The van der Waals surface area contributed by atoms with Gasteiger partial charge < -0.3 is 34.0 Å². The number of aldehydes is 1. The van der Waals surface area contributed by atoms with Crippen LogP contribution in [-0.2, 0) is 33.3 Å². The lowest BCUT2D eigenvalue weighted by Gasteiger charge is -2.64. The van der Waals surface area contributed by atoms with Gasteiger partial charge in [0.25, 0.3) is 5.79 Å². The molecule has 9 heteroatoms. The lowest BCUT2D eigenvalue weighted by molar-refractivity contribution is -0.413. The van der Waals surface area contributed by atoms with Crippen molar-refractivity contribution in [3.63, 3.8) is 0 Å². The number of carbonyl (C=O) groups excluding carboxylic acids is 3. The summed E-state index contributed by atoms with van der Waals surface area (Å²) in [6.07, 6.45) is 5.78. The quantitative estimate of drug-likeness (QED) is 0.314. The third-order valence-electron chi connectivity index (χ3n) is 11.9. The van der Waals surface area contributed by atoms with E-state index < -0.39 is 41.1 Å². The number of hydrogen-bond acceptors (Lipinski definition) is 9. The molecule has 0 aromatic heterocycles. The Kier molecular flexibility index (Phi) is 5.46. The summed E-state index contributed by atoms with van der Waals surface area (Å²) in [6, 6.07) is 0. The summed E-state index contributed by atoms with van der Waals surface area (Å²) >= 11 is 0. The molecule has 3 aliphatic heterocycles. The van der Waals surface area contributed by atoms with Crippen LogP contribution < -0.4 is 0 Å². The van der Waals surface area contributed by atoms with Crippen molar-refractivity contribution < 1.29 is 43.5 Å². The fourth-order valence-corrected chi connectivity index (χ4v) is 10.1. The van der Waals surface area contributed by atoms with Crippen LogP contribution in [0.5, 0.6) is 0 Å². The predicted octanol–water partition coefficient (Wildman–Crippen LogP) is 2.21. The summed E-state index contributed by atoms with van der Waals surface area (Å²) in [5.74, 6) is -2.74. The molecular weight excluding hydrogens is 492 g/mol. The maximum atomic E-state index is 13.1. The molecule has 7 aliphatic rings. The highest BCUT2D eigenvalue weighted by Crippen LogP contribution is 2.70. The van der Waals surface area contributed by atoms with Crippen molar-refractivity contribution in [2.45, 2.75) is 108 Å². The summed E-state index contributed by atoms with van der Waals surface area (Å²) < 4.78 is 23.3. The van der Waals surface area contributed by atoms with Gasteiger partial charge in [-0.1, -0.05) is 6.92 Å². The number of fused-ring (bicyclic) bond motifs is 7. The first-order chi connectivity index (χ1) is 18.0. The Bertz CT molecular complexity index is 1100. The van der Waals surface area contributed by atoms with E-state index in [1.807, 2.05) is 0 Å². The zero-order chi connectivity index (χ0) is 26.7. The highest BCUT2D eigenvalue weighted by molar-refractivity contribution is 5.87. The van der Waals surface area contributed by atoms with Gasteiger partial charge in [-0.05, 0) is 87.5 Å². The highest BCUT2D eigenvalue weighted by atomic mass is 16.8. The SMILES string of the molecule is C[C@@H]1CC(=O)[C@]2(O)O[C@@H]3CC4CC[C@@H]5[C@H](CC[C@]6(C)[C@@H](C7=CC(=O)OC7)CC[C@]56O)[C@@]4(C=O)C[C@@H]3O[C@@H]2O1. The monoisotopic (exact) mass is 530 g/mol. The number of ether oxygens (including phenoxy) is 4. The van der Waals surface area contributed by atoms with E-state index in [9.17, 15) is 24.6 Å². The molecule has 7 rings (SSSR count). The van der Waals surface area contributed by atoms with E-state index in [4.69, 9.17) is 18.9 Å². The molecule has 0 bridgehead atoms. The number of cyclic esters (lactones) is 1. The summed E-state index contributed by atoms with van der Waals surface area (Å²) in [5, 5.41) is 23.5. The van der Waals surface area contributed by atoms with Gasteiger partial charge in [0, 0.05) is 23.3 Å². The smallest absolute Gasteiger partial charge is 0.331 e. The number of ketones is 1. The average Bonchev–Trinajstić information content (AvgIpc) is 3.42. The molecular formula is C29H38O9. The number of rotatable bonds is 2. The van der Waals surface area contributed by atoms with Crippen LogP contribution in [0.3, 0.4) is 0 Å². The molecule has 208 valence electrons. The van der Waals surface area contributed by atoms with Gasteiger partial charge in [-0.3, -0.25) is 4.79 Å². The molecule has 6 fully saturated rings. The van der Waals surface area contributed by atoms with Crippen molar-refractivity contribution in [2.75, 3.05) is 6.61 Å². The van der Waals surface area contributed by atoms with Crippen molar-refractivity contribution in [3.8, 4) is 0 Å². The molecule has 4 saturated carbocycles. The molecule has 1 unspecified atom stereocenters. The van der Waals surface area contributed by atoms with Crippen LogP contribution in [0.2, 0.25) is 0 Å². The normalized spacial score (nSPS) is 55.5. The molecule has 0 aromatic rings. The lowest BCUT2D eigenvalue weighted by Crippen LogP contribution is -2.70. The molecule has 38 heavy (non-hydrogen) atoms. The van der Waals surface area contributed by atoms with E-state index in [-0.39, 0.29) is 47.6 Å². The van der Waals surface area contributed by atoms with Gasteiger partial charge in [0.2, 0.25) is 6.29 Å². The van der Waals surface area contributed by atoms with Crippen molar-refractivity contribution >= 4 is 18.0 Å². The molecule has 0 radical (unpaired) electrons. The summed E-state index contributed by atoms with van der Waals surface area (Å²) in [7, 11) is 0. The Hall–Kier alpha value is -1.65. The van der Waals surface area contributed by atoms with Gasteiger partial charge in [0.15, 0.2) is 5.78 Å². The standard InChI is InChI=1S/C29H38O9/c1-15-9-23(31)29(34)25(36-15)37-22-12-27(14-30)17(11-21(22)38-29)3-4-20-19(27)5-7-26(2)18(6-8-28(20,26)33)16-10-24(32)35-13-16/h10,14-15,17-22,25,33-34H,3-9,11-13H2,1-2H3/t15-,17?,18-,19+,20-,21-,22+,25+,26-,27-,28+,29+/m1/s1. The Morgan fingerprint density at radius 1 is 1.03 bits per heavy atom. The van der Waals surface area contributed by atoms with E-state index in [0.29, 0.717) is 25.9 Å². The van der Waals surface area contributed by atoms with Crippen LogP contribution in [0.1, 0.15) is 71.6 Å². The number of Topliss-reactive ketones (excluding diaryl/α,β-unsaturated/α-hetero) is 1. The summed E-state index contributed by atoms with van der Waals surface area (Å²) in [6.45, 7) is 4.24. The fraction of sp³-hybridized carbons (Fsp3) is 0.828. The number of esters is 1. The van der Waals surface area contributed by atoms with Crippen molar-refractivity contribution in [2.24, 2.45) is 34.5 Å². The number of carbonyl (C=O) groups is 3. The van der Waals surface area contributed by atoms with Crippen molar-refractivity contribution in [3.05, 3.63) is 11.6 Å². The van der Waals surface area contributed by atoms with Gasteiger partial charge in [-0.25, -0.2) is 4.79 Å². The largest absolute Gasteiger partial charge is 0.458 e. The highest BCUT2D eigenvalue weighted by Gasteiger charge is 2.70. The van der Waals surface area contributed by atoms with Crippen LogP contribution in [0, 0.1) is 34.5 Å². The number of aliphatic hydroxyl groups is 2. The van der Waals surface area contributed by atoms with Crippen molar-refractivity contribution in [1.82, 2.24) is 0 Å². The maximum absolute atomic E-state index is 13.1. The van der Waals surface area contributed by atoms with E-state index in [1.54, 1.807) is 13.0 Å². The van der Waals surface area contributed by atoms with Gasteiger partial charge in [-0.15, -0.1) is 0 Å². The van der Waals surface area contributed by atoms with Crippen LogP contribution in [0.15, 0.2) is 11.6 Å². The second kappa shape index (κ2) is 8.19. The maximum Gasteiger partial charge on any atom is 0.331 e. The molecule has 9 nitrogen and oxygen atoms in total. The molecule has 0 spiro atoms. The van der Waals surface area contributed by atoms with Gasteiger partial charge >= 0.3 is 5.97 Å². The van der Waals surface area contributed by atoms with E-state index in [1.165, 1.54) is 0 Å². The molecule has 3 heterocycles. The first kappa shape index (κ1) is 25.3. The molecule has 0 aromatic carbocycles. The van der Waals surface area contributed by atoms with Crippen LogP contribution >= 0.6 is 0 Å². The second-order valence-corrected chi connectivity index (χ2v) is 13.4. The molecule has 2 saturated heterocycles. The van der Waals surface area contributed by atoms with Crippen LogP contribution in [0.4, 0.5) is 0 Å². The first-order valence-electron chi connectivity index (χ1n) is 14.3. The Morgan fingerprint density at radius 2 is 1.84 bits per heavy atom. The average molecular weight is 531 g/mol.